The zero-order valence-corrected chi connectivity index (χ0v) is 17.8. The summed E-state index contributed by atoms with van der Waals surface area (Å²) in [5.41, 5.74) is 0.739. The Morgan fingerprint density at radius 2 is 2.06 bits per heavy atom. The zero-order valence-electron chi connectivity index (χ0n) is 17.8. The first kappa shape index (κ1) is 20.7. The van der Waals surface area contributed by atoms with E-state index < -0.39 is 11.7 Å². The number of nitrogens with zero attached hydrogens (tertiary/aromatic N) is 3. The summed E-state index contributed by atoms with van der Waals surface area (Å²) >= 11 is 0. The lowest BCUT2D eigenvalue weighted by molar-refractivity contribution is 0.0846. The standard InChI is InChI=1S/C23H25FN4O4/c1-2-32-20-18(26-22(29)16-4-3-9-28(23(16)30)15-5-6-15)13-27-12-17(25-21(27)19(20)24)14-7-10-31-11-8-14/h3-4,9,12-15H,2,5-8,10-11H2,1H3,(H,26,29). The van der Waals surface area contributed by atoms with Crippen LogP contribution in [0.2, 0.25) is 0 Å². The van der Waals surface area contributed by atoms with E-state index in [0.717, 1.165) is 31.4 Å². The molecule has 9 heteroatoms. The Morgan fingerprint density at radius 3 is 2.78 bits per heavy atom. The minimum Gasteiger partial charge on any atom is -0.488 e. The second kappa shape index (κ2) is 8.38. The van der Waals surface area contributed by atoms with Crippen molar-refractivity contribution in [2.24, 2.45) is 0 Å². The van der Waals surface area contributed by atoms with Gasteiger partial charge in [0.15, 0.2) is 11.4 Å². The molecule has 0 spiro atoms. The lowest BCUT2D eigenvalue weighted by Crippen LogP contribution is -2.28. The normalized spacial score (nSPS) is 16.9. The van der Waals surface area contributed by atoms with Crippen LogP contribution in [0.15, 0.2) is 35.5 Å². The summed E-state index contributed by atoms with van der Waals surface area (Å²) in [5, 5.41) is 2.67. The number of hydrogen-bond acceptors (Lipinski definition) is 5. The fourth-order valence-corrected chi connectivity index (χ4v) is 4.17. The molecule has 1 amide bonds. The van der Waals surface area contributed by atoms with Gasteiger partial charge in [-0.1, -0.05) is 0 Å². The second-order valence-electron chi connectivity index (χ2n) is 8.22. The molecule has 1 N–H and O–H groups in total. The van der Waals surface area contributed by atoms with Crippen LogP contribution in [-0.4, -0.2) is 39.7 Å². The molecule has 0 unspecified atom stereocenters. The Labute approximate surface area is 184 Å². The maximum Gasteiger partial charge on any atom is 0.263 e. The van der Waals surface area contributed by atoms with Crippen LogP contribution in [0, 0.1) is 5.82 Å². The number of anilines is 1. The number of aromatic nitrogens is 3. The van der Waals surface area contributed by atoms with E-state index in [9.17, 15) is 9.59 Å². The Morgan fingerprint density at radius 1 is 1.28 bits per heavy atom. The van der Waals surface area contributed by atoms with Gasteiger partial charge in [0, 0.05) is 43.8 Å². The fourth-order valence-electron chi connectivity index (χ4n) is 4.17. The maximum atomic E-state index is 15.4. The highest BCUT2D eigenvalue weighted by molar-refractivity contribution is 6.04. The van der Waals surface area contributed by atoms with E-state index in [1.807, 2.05) is 0 Å². The van der Waals surface area contributed by atoms with Gasteiger partial charge in [-0.15, -0.1) is 0 Å². The van der Waals surface area contributed by atoms with Gasteiger partial charge in [-0.05, 0) is 44.7 Å². The van der Waals surface area contributed by atoms with E-state index in [0.29, 0.717) is 13.2 Å². The first-order chi connectivity index (χ1) is 15.6. The lowest BCUT2D eigenvalue weighted by Gasteiger charge is -2.19. The van der Waals surface area contributed by atoms with Crippen molar-refractivity contribution in [3.8, 4) is 5.75 Å². The molecule has 3 aromatic rings. The number of ether oxygens (including phenoxy) is 2. The van der Waals surface area contributed by atoms with Gasteiger partial charge in [0.25, 0.3) is 11.5 Å². The molecule has 5 rings (SSSR count). The minimum absolute atomic E-state index is 0.0101. The van der Waals surface area contributed by atoms with Crippen molar-refractivity contribution in [1.29, 1.82) is 0 Å². The van der Waals surface area contributed by atoms with Gasteiger partial charge in [-0.25, -0.2) is 4.98 Å². The molecule has 1 saturated heterocycles. The summed E-state index contributed by atoms with van der Waals surface area (Å²) in [6, 6.07) is 3.31. The fraction of sp³-hybridized carbons (Fsp3) is 0.435. The molecule has 32 heavy (non-hydrogen) atoms. The summed E-state index contributed by atoms with van der Waals surface area (Å²) < 4.78 is 29.4. The van der Waals surface area contributed by atoms with Crippen molar-refractivity contribution in [1.82, 2.24) is 14.0 Å². The molecule has 0 radical (unpaired) electrons. The molecule has 2 aliphatic rings. The van der Waals surface area contributed by atoms with Gasteiger partial charge < -0.3 is 23.8 Å². The number of imidazole rings is 1. The van der Waals surface area contributed by atoms with Crippen LogP contribution in [0.5, 0.6) is 5.75 Å². The number of carbonyl (C=O) groups is 1. The van der Waals surface area contributed by atoms with Gasteiger partial charge in [0.2, 0.25) is 5.82 Å². The minimum atomic E-state index is -0.647. The van der Waals surface area contributed by atoms with Crippen LogP contribution in [0.25, 0.3) is 5.65 Å². The van der Waals surface area contributed by atoms with Gasteiger partial charge in [-0.3, -0.25) is 9.59 Å². The van der Waals surface area contributed by atoms with Crippen LogP contribution < -0.4 is 15.6 Å². The molecule has 168 valence electrons. The van der Waals surface area contributed by atoms with Crippen molar-refractivity contribution in [2.75, 3.05) is 25.1 Å². The number of hydrogen-bond donors (Lipinski definition) is 1. The Kier molecular flexibility index (Phi) is 5.42. The van der Waals surface area contributed by atoms with Gasteiger partial charge >= 0.3 is 0 Å². The number of halogens is 1. The molecule has 0 atom stereocenters. The zero-order chi connectivity index (χ0) is 22.2. The molecule has 2 fully saturated rings. The average molecular weight is 440 g/mol. The van der Waals surface area contributed by atoms with E-state index in [1.165, 1.54) is 6.07 Å². The van der Waals surface area contributed by atoms with E-state index >= 15 is 4.39 Å². The Bertz CT molecular complexity index is 1220. The molecule has 0 aromatic carbocycles. The van der Waals surface area contributed by atoms with Crippen LogP contribution in [-0.2, 0) is 4.74 Å². The molecular weight excluding hydrogens is 415 g/mol. The van der Waals surface area contributed by atoms with Gasteiger partial charge in [0.1, 0.15) is 11.3 Å². The monoisotopic (exact) mass is 440 g/mol. The number of fused-ring (bicyclic) bond motifs is 1. The highest BCUT2D eigenvalue weighted by Crippen LogP contribution is 2.34. The van der Waals surface area contributed by atoms with Crippen LogP contribution in [0.3, 0.4) is 0 Å². The van der Waals surface area contributed by atoms with E-state index in [2.05, 4.69) is 10.3 Å². The quantitative estimate of drug-likeness (QED) is 0.634. The number of carbonyl (C=O) groups excluding carboxylic acids is 1. The van der Waals surface area contributed by atoms with Crippen molar-refractivity contribution >= 4 is 17.2 Å². The van der Waals surface area contributed by atoms with Gasteiger partial charge in [0.05, 0.1) is 12.3 Å². The molecule has 3 aromatic heterocycles. The topological polar surface area (TPSA) is 86.9 Å². The van der Waals surface area contributed by atoms with E-state index in [-0.39, 0.29) is 46.8 Å². The van der Waals surface area contributed by atoms with E-state index in [1.54, 1.807) is 40.5 Å². The summed E-state index contributed by atoms with van der Waals surface area (Å²) in [4.78, 5) is 30.2. The molecule has 1 aliphatic carbocycles. The first-order valence-electron chi connectivity index (χ1n) is 11.0. The van der Waals surface area contributed by atoms with Gasteiger partial charge in [-0.2, -0.15) is 4.39 Å². The second-order valence-corrected chi connectivity index (χ2v) is 8.22. The molecular formula is C23H25FN4O4. The third-order valence-corrected chi connectivity index (χ3v) is 6.00. The van der Waals surface area contributed by atoms with Crippen LogP contribution >= 0.6 is 0 Å². The third kappa shape index (κ3) is 3.77. The molecule has 8 nitrogen and oxygen atoms in total. The molecule has 0 bridgehead atoms. The summed E-state index contributed by atoms with van der Waals surface area (Å²) in [5.74, 6) is -1.14. The summed E-state index contributed by atoms with van der Waals surface area (Å²) in [6.07, 6.45) is 8.57. The number of nitrogens with one attached hydrogen (secondary N) is 1. The number of amides is 1. The molecule has 1 saturated carbocycles. The number of rotatable bonds is 6. The maximum absolute atomic E-state index is 15.4. The third-order valence-electron chi connectivity index (χ3n) is 6.00. The predicted octanol–water partition coefficient (Wildman–Crippen LogP) is 3.52. The predicted molar refractivity (Wildman–Crippen MR) is 116 cm³/mol. The SMILES string of the molecule is CCOc1c(NC(=O)c2cccn(C3CC3)c2=O)cn2cc(C3CCOCC3)nc2c1F. The largest absolute Gasteiger partial charge is 0.488 e. The highest BCUT2D eigenvalue weighted by atomic mass is 19.1. The van der Waals surface area contributed by atoms with E-state index in [4.69, 9.17) is 9.47 Å². The molecule has 1 aliphatic heterocycles. The smallest absolute Gasteiger partial charge is 0.263 e. The molecule has 4 heterocycles. The lowest BCUT2D eigenvalue weighted by atomic mass is 9.97. The van der Waals surface area contributed by atoms with Crippen LogP contribution in [0.1, 0.15) is 60.6 Å². The van der Waals surface area contributed by atoms with Crippen LogP contribution in [0.4, 0.5) is 10.1 Å². The van der Waals surface area contributed by atoms with Crippen molar-refractivity contribution < 1.29 is 18.7 Å². The summed E-state index contributed by atoms with van der Waals surface area (Å²) in [6.45, 7) is 3.26. The highest BCUT2D eigenvalue weighted by Gasteiger charge is 2.27. The average Bonchev–Trinajstić information content (AvgIpc) is 3.55. The van der Waals surface area contributed by atoms with Crippen molar-refractivity contribution in [3.63, 3.8) is 0 Å². The first-order valence-corrected chi connectivity index (χ1v) is 11.0. The summed E-state index contributed by atoms with van der Waals surface area (Å²) in [7, 11) is 0. The van der Waals surface area contributed by atoms with Crippen molar-refractivity contribution in [3.05, 3.63) is 58.2 Å². The Balaban J connectivity index is 1.51. The Hall–Kier alpha value is -3.20. The van der Waals surface area contributed by atoms with Crippen molar-refractivity contribution in [2.45, 2.75) is 44.6 Å². The number of pyridine rings is 2.